The van der Waals surface area contributed by atoms with Crippen LogP contribution in [0.3, 0.4) is 0 Å². The molecule has 2 bridgehead atoms. The summed E-state index contributed by atoms with van der Waals surface area (Å²) in [7, 11) is 0. The number of amides is 2. The molecule has 3 saturated heterocycles. The van der Waals surface area contributed by atoms with Gasteiger partial charge in [0, 0.05) is 32.2 Å². The van der Waals surface area contributed by atoms with Crippen LogP contribution in [0.5, 0.6) is 0 Å². The van der Waals surface area contributed by atoms with E-state index in [2.05, 4.69) is 5.32 Å². The summed E-state index contributed by atoms with van der Waals surface area (Å²) in [6.07, 6.45) is 2.81. The first-order chi connectivity index (χ1) is 14.7. The fourth-order valence-electron chi connectivity index (χ4n) is 5.61. The average Bonchev–Trinajstić information content (AvgIpc) is 3.13. The minimum absolute atomic E-state index is 0.0533. The van der Waals surface area contributed by atoms with Crippen molar-refractivity contribution in [2.75, 3.05) is 32.7 Å². The molecule has 2 unspecified atom stereocenters. The Hall–Kier alpha value is -2.66. The van der Waals surface area contributed by atoms with Crippen LogP contribution in [0.4, 0.5) is 0 Å². The van der Waals surface area contributed by atoms with Crippen LogP contribution in [-0.4, -0.2) is 60.4 Å². The van der Waals surface area contributed by atoms with Crippen molar-refractivity contribution in [2.45, 2.75) is 30.7 Å². The monoisotopic (exact) mass is 403 g/mol. The van der Waals surface area contributed by atoms with Crippen LogP contribution in [0, 0.1) is 5.92 Å². The molecule has 2 amide bonds. The van der Waals surface area contributed by atoms with E-state index in [1.165, 1.54) is 0 Å². The maximum absolute atomic E-state index is 14.0. The van der Waals surface area contributed by atoms with Gasteiger partial charge in [-0.3, -0.25) is 9.59 Å². The van der Waals surface area contributed by atoms with Crippen molar-refractivity contribution < 1.29 is 9.59 Å². The molecular weight excluding hydrogens is 374 g/mol. The topological polar surface area (TPSA) is 52.7 Å². The molecule has 2 aromatic carbocycles. The molecule has 0 aliphatic carbocycles. The largest absolute Gasteiger partial charge is 0.339 e. The molecule has 3 fully saturated rings. The predicted molar refractivity (Wildman–Crippen MR) is 116 cm³/mol. The van der Waals surface area contributed by atoms with Gasteiger partial charge >= 0.3 is 0 Å². The third-order valence-corrected chi connectivity index (χ3v) is 7.08. The summed E-state index contributed by atoms with van der Waals surface area (Å²) < 4.78 is 0. The van der Waals surface area contributed by atoms with Crippen LogP contribution in [0.2, 0.25) is 0 Å². The highest BCUT2D eigenvalue weighted by atomic mass is 16.2. The summed E-state index contributed by atoms with van der Waals surface area (Å²) in [4.78, 5) is 30.8. The van der Waals surface area contributed by atoms with Gasteiger partial charge in [-0.2, -0.15) is 0 Å². The molecule has 3 aliphatic rings. The normalized spacial score (nSPS) is 25.4. The zero-order valence-electron chi connectivity index (χ0n) is 17.3. The number of benzene rings is 2. The van der Waals surface area contributed by atoms with Gasteiger partial charge in [-0.05, 0) is 36.3 Å². The average molecular weight is 404 g/mol. The SMILES string of the molecule is O=C(CN1CCCC(c2ccccc2)(c2ccccc2)C1=O)N1CC2CNC(C2)C1. The maximum atomic E-state index is 14.0. The lowest BCUT2D eigenvalue weighted by Crippen LogP contribution is -2.56. The summed E-state index contributed by atoms with van der Waals surface area (Å²) in [5.41, 5.74) is 1.31. The standard InChI is InChI=1S/C25H29N3O2/c29-23(28-16-19-14-22(17-28)26-15-19)18-27-13-7-12-25(24(27)30,20-8-3-1-4-9-20)21-10-5-2-6-11-21/h1-6,8-11,19,22,26H,7,12-18H2. The van der Waals surface area contributed by atoms with Crippen LogP contribution in [0.1, 0.15) is 30.4 Å². The van der Waals surface area contributed by atoms with Gasteiger partial charge in [-0.1, -0.05) is 60.7 Å². The lowest BCUT2D eigenvalue weighted by molar-refractivity contribution is -0.146. The Morgan fingerprint density at radius 3 is 2.30 bits per heavy atom. The first-order valence-corrected chi connectivity index (χ1v) is 11.1. The fourth-order valence-corrected chi connectivity index (χ4v) is 5.61. The molecule has 0 saturated carbocycles. The number of nitrogens with zero attached hydrogens (tertiary/aromatic N) is 2. The minimum Gasteiger partial charge on any atom is -0.339 e. The number of piperidine rings is 2. The van der Waals surface area contributed by atoms with Gasteiger partial charge in [0.2, 0.25) is 11.8 Å². The third kappa shape index (κ3) is 3.31. The molecule has 5 rings (SSSR count). The van der Waals surface area contributed by atoms with Gasteiger partial charge in [0.15, 0.2) is 0 Å². The van der Waals surface area contributed by atoms with Gasteiger partial charge in [0.1, 0.15) is 0 Å². The van der Waals surface area contributed by atoms with Crippen LogP contribution in [0.25, 0.3) is 0 Å². The molecule has 30 heavy (non-hydrogen) atoms. The van der Waals surface area contributed by atoms with E-state index >= 15 is 0 Å². The van der Waals surface area contributed by atoms with Crippen LogP contribution in [0.15, 0.2) is 60.7 Å². The van der Waals surface area contributed by atoms with Crippen LogP contribution < -0.4 is 5.32 Å². The Morgan fingerprint density at radius 2 is 1.67 bits per heavy atom. The van der Waals surface area contributed by atoms with E-state index in [-0.39, 0.29) is 18.4 Å². The predicted octanol–water partition coefficient (Wildman–Crippen LogP) is 2.42. The zero-order chi connectivity index (χ0) is 20.6. The number of rotatable bonds is 4. The molecule has 5 nitrogen and oxygen atoms in total. The Bertz CT molecular complexity index is 863. The second-order valence-corrected chi connectivity index (χ2v) is 8.97. The summed E-state index contributed by atoms with van der Waals surface area (Å²) in [6, 6.07) is 20.5. The number of nitrogens with one attached hydrogen (secondary N) is 1. The molecular formula is C25H29N3O2. The van der Waals surface area contributed by atoms with Crippen molar-refractivity contribution >= 4 is 11.8 Å². The van der Waals surface area contributed by atoms with E-state index in [0.717, 1.165) is 50.0 Å². The van der Waals surface area contributed by atoms with Crippen LogP contribution in [-0.2, 0) is 15.0 Å². The molecule has 2 atom stereocenters. The Balaban J connectivity index is 1.42. The smallest absolute Gasteiger partial charge is 0.242 e. The number of hydrogen-bond donors (Lipinski definition) is 1. The first kappa shape index (κ1) is 19.3. The molecule has 156 valence electrons. The third-order valence-electron chi connectivity index (χ3n) is 7.08. The van der Waals surface area contributed by atoms with Gasteiger partial charge < -0.3 is 15.1 Å². The summed E-state index contributed by atoms with van der Waals surface area (Å²) >= 11 is 0. The second-order valence-electron chi connectivity index (χ2n) is 8.97. The van der Waals surface area contributed by atoms with Crippen molar-refractivity contribution in [1.29, 1.82) is 0 Å². The molecule has 2 aromatic rings. The Labute approximate surface area is 178 Å². The molecule has 0 radical (unpaired) electrons. The highest BCUT2D eigenvalue weighted by Crippen LogP contribution is 2.41. The zero-order valence-corrected chi connectivity index (χ0v) is 17.3. The fraction of sp³-hybridized carbons (Fsp3) is 0.440. The van der Waals surface area contributed by atoms with Gasteiger partial charge in [-0.25, -0.2) is 0 Å². The minimum atomic E-state index is -0.719. The number of fused-ring (bicyclic) bond motifs is 2. The van der Waals surface area contributed by atoms with E-state index in [1.54, 1.807) is 4.90 Å². The lowest BCUT2D eigenvalue weighted by Gasteiger charge is -2.43. The molecule has 0 aromatic heterocycles. The van der Waals surface area contributed by atoms with Crippen molar-refractivity contribution in [3.63, 3.8) is 0 Å². The molecule has 1 N–H and O–H groups in total. The van der Waals surface area contributed by atoms with Crippen molar-refractivity contribution in [3.8, 4) is 0 Å². The van der Waals surface area contributed by atoms with E-state index in [9.17, 15) is 9.59 Å². The van der Waals surface area contributed by atoms with E-state index in [1.807, 2.05) is 65.6 Å². The van der Waals surface area contributed by atoms with E-state index < -0.39 is 5.41 Å². The summed E-state index contributed by atoms with van der Waals surface area (Å²) in [5, 5.41) is 3.50. The Kier molecular flexibility index (Phi) is 5.07. The Morgan fingerprint density at radius 1 is 1.00 bits per heavy atom. The number of carbonyl (C=O) groups is 2. The van der Waals surface area contributed by atoms with Gasteiger partial charge in [0.05, 0.1) is 12.0 Å². The van der Waals surface area contributed by atoms with E-state index in [4.69, 9.17) is 0 Å². The molecule has 3 aliphatic heterocycles. The molecule has 0 spiro atoms. The summed E-state index contributed by atoms with van der Waals surface area (Å²) in [6.45, 7) is 3.40. The highest BCUT2D eigenvalue weighted by Gasteiger charge is 2.47. The summed E-state index contributed by atoms with van der Waals surface area (Å²) in [5.74, 6) is 0.689. The lowest BCUT2D eigenvalue weighted by atomic mass is 9.68. The number of likely N-dealkylation sites (tertiary alicyclic amines) is 2. The van der Waals surface area contributed by atoms with Gasteiger partial charge in [0.25, 0.3) is 0 Å². The first-order valence-electron chi connectivity index (χ1n) is 11.1. The quantitative estimate of drug-likeness (QED) is 0.853. The molecule has 3 heterocycles. The van der Waals surface area contributed by atoms with Crippen molar-refractivity contribution in [1.82, 2.24) is 15.1 Å². The van der Waals surface area contributed by atoms with Crippen LogP contribution >= 0.6 is 0 Å². The van der Waals surface area contributed by atoms with Gasteiger partial charge in [-0.15, -0.1) is 0 Å². The molecule has 5 heteroatoms. The number of carbonyl (C=O) groups excluding carboxylic acids is 2. The van der Waals surface area contributed by atoms with E-state index in [0.29, 0.717) is 18.5 Å². The van der Waals surface area contributed by atoms with Crippen molar-refractivity contribution in [3.05, 3.63) is 71.8 Å². The maximum Gasteiger partial charge on any atom is 0.242 e. The number of hydrogen-bond acceptors (Lipinski definition) is 3. The van der Waals surface area contributed by atoms with Crippen molar-refractivity contribution in [2.24, 2.45) is 5.92 Å². The second kappa shape index (κ2) is 7.88. The highest BCUT2D eigenvalue weighted by molar-refractivity contribution is 5.95.